The van der Waals surface area contributed by atoms with Crippen LogP contribution in [-0.2, 0) is 0 Å². The quantitative estimate of drug-likeness (QED) is 0.600. The first-order chi connectivity index (χ1) is 7.74. The van der Waals surface area contributed by atoms with E-state index in [0.717, 1.165) is 26.8 Å². The number of aromatic nitrogens is 1. The molecular weight excluding hydrogens is 222 g/mol. The Balaban J connectivity index is 2.61. The van der Waals surface area contributed by atoms with E-state index in [1.807, 2.05) is 36.4 Å². The zero-order chi connectivity index (χ0) is 11.1. The summed E-state index contributed by atoms with van der Waals surface area (Å²) in [7, 11) is 0. The second-order valence-electron chi connectivity index (χ2n) is 3.54. The van der Waals surface area contributed by atoms with E-state index in [-0.39, 0.29) is 10.4 Å². The Labute approximate surface area is 94.0 Å². The number of hydrogen-bond donors (Lipinski definition) is 1. The van der Waals surface area contributed by atoms with Gasteiger partial charge in [-0.2, -0.15) is 0 Å². The first kappa shape index (κ1) is 9.30. The van der Waals surface area contributed by atoms with Crippen LogP contribution in [0.2, 0.25) is 0 Å². The van der Waals surface area contributed by atoms with Crippen molar-refractivity contribution in [3.05, 3.63) is 56.4 Å². The van der Waals surface area contributed by atoms with Crippen molar-refractivity contribution < 1.29 is 0 Å². The van der Waals surface area contributed by atoms with Gasteiger partial charge in [0.25, 0.3) is 5.56 Å². The van der Waals surface area contributed by atoms with E-state index in [2.05, 4.69) is 4.98 Å². The van der Waals surface area contributed by atoms with Gasteiger partial charge in [-0.05, 0) is 22.9 Å². The molecule has 0 aliphatic carbocycles. The highest BCUT2D eigenvalue weighted by Crippen LogP contribution is 2.21. The monoisotopic (exact) mass is 229 g/mol. The summed E-state index contributed by atoms with van der Waals surface area (Å²) in [5, 5.41) is 2.62. The third kappa shape index (κ3) is 1.35. The molecule has 3 nitrogen and oxygen atoms in total. The third-order valence-corrected chi connectivity index (χ3v) is 3.36. The molecule has 16 heavy (non-hydrogen) atoms. The van der Waals surface area contributed by atoms with Gasteiger partial charge in [-0.1, -0.05) is 35.6 Å². The number of H-pyrrole nitrogens is 1. The Morgan fingerprint density at radius 1 is 1.00 bits per heavy atom. The minimum absolute atomic E-state index is 0.312. The lowest BCUT2D eigenvalue weighted by atomic mass is 10.1. The summed E-state index contributed by atoms with van der Waals surface area (Å²) in [6, 6.07) is 11.5. The number of benzene rings is 2. The molecule has 78 valence electrons. The van der Waals surface area contributed by atoms with Gasteiger partial charge in [0.15, 0.2) is 0 Å². The van der Waals surface area contributed by atoms with Crippen molar-refractivity contribution in [3.63, 3.8) is 0 Å². The van der Waals surface area contributed by atoms with E-state index >= 15 is 0 Å². The highest BCUT2D eigenvalue weighted by molar-refractivity contribution is 7.16. The van der Waals surface area contributed by atoms with Crippen LogP contribution < -0.4 is 10.4 Å². The summed E-state index contributed by atoms with van der Waals surface area (Å²) in [4.78, 5) is 24.8. The van der Waals surface area contributed by atoms with Gasteiger partial charge >= 0.3 is 4.87 Å². The molecule has 0 atom stereocenters. The summed E-state index contributed by atoms with van der Waals surface area (Å²) in [6.45, 7) is 0. The smallest absolute Gasteiger partial charge is 0.280 e. The predicted octanol–water partition coefficient (Wildman–Crippen LogP) is 2.10. The highest BCUT2D eigenvalue weighted by atomic mass is 32.1. The largest absolute Gasteiger partial charge is 0.307 e. The van der Waals surface area contributed by atoms with Crippen molar-refractivity contribution in [1.82, 2.24) is 4.98 Å². The van der Waals surface area contributed by atoms with Gasteiger partial charge in [-0.3, -0.25) is 14.6 Å². The normalized spacial score (nSPS) is 11.0. The van der Waals surface area contributed by atoms with Crippen LogP contribution >= 0.6 is 11.3 Å². The summed E-state index contributed by atoms with van der Waals surface area (Å²) in [6.07, 6.45) is 0. The van der Waals surface area contributed by atoms with Gasteiger partial charge in [-0.25, -0.2) is 0 Å². The van der Waals surface area contributed by atoms with Gasteiger partial charge < -0.3 is 0 Å². The third-order valence-electron chi connectivity index (χ3n) is 2.51. The predicted molar refractivity (Wildman–Crippen MR) is 66.2 cm³/mol. The molecule has 0 amide bonds. The van der Waals surface area contributed by atoms with E-state index in [0.29, 0.717) is 5.39 Å². The van der Waals surface area contributed by atoms with Gasteiger partial charge in [-0.15, -0.1) is 0 Å². The molecular formula is C12H7NO2S. The molecule has 0 unspecified atom stereocenters. The molecule has 4 heteroatoms. The van der Waals surface area contributed by atoms with Crippen molar-refractivity contribution in [2.45, 2.75) is 0 Å². The second kappa shape index (κ2) is 3.28. The summed E-state index contributed by atoms with van der Waals surface area (Å²) < 4.78 is 0.729. The number of aromatic amines is 1. The Bertz CT molecular complexity index is 801. The fourth-order valence-corrected chi connectivity index (χ4v) is 2.56. The molecule has 3 aromatic rings. The van der Waals surface area contributed by atoms with Crippen LogP contribution in [0.25, 0.3) is 20.9 Å². The fraction of sp³-hybridized carbons (Fsp3) is 0. The van der Waals surface area contributed by atoms with Crippen LogP contribution in [0.3, 0.4) is 0 Å². The van der Waals surface area contributed by atoms with E-state index in [4.69, 9.17) is 0 Å². The average Bonchev–Trinajstić information content (AvgIpc) is 2.27. The molecule has 0 saturated carbocycles. The maximum atomic E-state index is 11.6. The minimum Gasteiger partial charge on any atom is -0.280 e. The minimum atomic E-state index is -0.315. The number of hydrogen-bond acceptors (Lipinski definition) is 3. The molecule has 0 aliphatic heterocycles. The maximum Gasteiger partial charge on any atom is 0.307 e. The molecule has 0 bridgehead atoms. The topological polar surface area (TPSA) is 49.9 Å². The van der Waals surface area contributed by atoms with Crippen molar-refractivity contribution >= 4 is 32.2 Å². The summed E-state index contributed by atoms with van der Waals surface area (Å²) >= 11 is 1.06. The van der Waals surface area contributed by atoms with E-state index in [1.165, 1.54) is 0 Å². The number of nitrogens with one attached hydrogen (secondary N) is 1. The molecule has 0 radical (unpaired) electrons. The first-order valence-corrected chi connectivity index (χ1v) is 5.62. The summed E-state index contributed by atoms with van der Waals surface area (Å²) in [5.74, 6) is 0. The molecule has 2 aromatic carbocycles. The van der Waals surface area contributed by atoms with E-state index in [1.54, 1.807) is 0 Å². The van der Waals surface area contributed by atoms with E-state index < -0.39 is 0 Å². The maximum absolute atomic E-state index is 11.6. The molecule has 1 aromatic heterocycles. The van der Waals surface area contributed by atoms with Crippen molar-refractivity contribution in [1.29, 1.82) is 0 Å². The van der Waals surface area contributed by atoms with Crippen LogP contribution in [0.4, 0.5) is 0 Å². The lowest BCUT2D eigenvalue weighted by Gasteiger charge is -1.99. The molecule has 1 heterocycles. The molecule has 1 N–H and O–H groups in total. The van der Waals surface area contributed by atoms with Gasteiger partial charge in [0.1, 0.15) is 0 Å². The standard InChI is InChI=1S/C12H7NO2S/c14-11-9-5-7-3-1-2-4-8(7)6-10(9)16-12(15)13-11/h1-6H,(H,13,14,15). The van der Waals surface area contributed by atoms with Crippen LogP contribution in [0.1, 0.15) is 0 Å². The molecule has 3 rings (SSSR count). The molecule has 0 spiro atoms. The number of fused-ring (bicyclic) bond motifs is 2. The van der Waals surface area contributed by atoms with Crippen LogP contribution in [0.15, 0.2) is 46.0 Å². The van der Waals surface area contributed by atoms with Crippen LogP contribution in [-0.4, -0.2) is 4.98 Å². The second-order valence-corrected chi connectivity index (χ2v) is 4.55. The fourth-order valence-electron chi connectivity index (χ4n) is 1.77. The zero-order valence-corrected chi connectivity index (χ0v) is 9.01. The Morgan fingerprint density at radius 2 is 1.69 bits per heavy atom. The molecule has 0 saturated heterocycles. The van der Waals surface area contributed by atoms with Crippen molar-refractivity contribution in [2.75, 3.05) is 0 Å². The average molecular weight is 229 g/mol. The van der Waals surface area contributed by atoms with Crippen LogP contribution in [0.5, 0.6) is 0 Å². The van der Waals surface area contributed by atoms with Crippen LogP contribution in [0, 0.1) is 0 Å². The Hall–Kier alpha value is -1.94. The highest BCUT2D eigenvalue weighted by Gasteiger charge is 2.02. The lowest BCUT2D eigenvalue weighted by molar-refractivity contribution is 1.25. The van der Waals surface area contributed by atoms with E-state index in [9.17, 15) is 9.59 Å². The van der Waals surface area contributed by atoms with Gasteiger partial charge in [0, 0.05) is 4.70 Å². The SMILES string of the molecule is O=c1[nH]c(=O)c2cc3ccccc3cc2s1. The van der Waals surface area contributed by atoms with Crippen molar-refractivity contribution in [2.24, 2.45) is 0 Å². The van der Waals surface area contributed by atoms with Gasteiger partial charge in [0.05, 0.1) is 5.39 Å². The number of rotatable bonds is 0. The Kier molecular flexibility index (Phi) is 1.91. The van der Waals surface area contributed by atoms with Crippen molar-refractivity contribution in [3.8, 4) is 0 Å². The lowest BCUT2D eigenvalue weighted by Crippen LogP contribution is -2.15. The molecule has 0 fully saturated rings. The molecule has 0 aliphatic rings. The first-order valence-electron chi connectivity index (χ1n) is 4.80. The van der Waals surface area contributed by atoms with Gasteiger partial charge in [0.2, 0.25) is 0 Å². The summed E-state index contributed by atoms with van der Waals surface area (Å²) in [5.41, 5.74) is -0.315. The Morgan fingerprint density at radius 3 is 2.44 bits per heavy atom. The zero-order valence-electron chi connectivity index (χ0n) is 8.19.